The number of fused-ring (bicyclic) bond motifs is 11. The average molecular weight is 1110 g/mol. The zero-order valence-electron chi connectivity index (χ0n) is 48.8. The van der Waals surface area contributed by atoms with Gasteiger partial charge in [-0.3, -0.25) is 0 Å². The SMILES string of the molecule is CC(C)(C)c1cc(N2c3ccccc3B3c4[se]c5c6c4N(c4ccccc4N6c4cc(-c6ccccc6)cc6c4B5c4ccccc4N6c4cc(C(C)(C)C)cc(C(C)(C)C)c4)c4cc(-c5ccccc5)cc2c43)cc(C(C)(C)C)c1. The molecule has 0 amide bonds. The fourth-order valence-electron chi connectivity index (χ4n) is 13.8. The molecule has 0 saturated heterocycles. The average Bonchev–Trinajstić information content (AvgIpc) is 1.97. The van der Waals surface area contributed by atoms with Crippen LogP contribution in [0.2, 0.25) is 0 Å². The molecule has 5 aliphatic heterocycles. The van der Waals surface area contributed by atoms with Crippen LogP contribution in [0.3, 0.4) is 0 Å². The Bertz CT molecular complexity index is 3930. The topological polar surface area (TPSA) is 13.0 Å². The van der Waals surface area contributed by atoms with Crippen LogP contribution in [0.1, 0.15) is 105 Å². The normalized spacial score (nSPS) is 14.5. The van der Waals surface area contributed by atoms with Crippen LogP contribution in [-0.4, -0.2) is 27.9 Å². The van der Waals surface area contributed by atoms with E-state index in [0.29, 0.717) is 0 Å². The van der Waals surface area contributed by atoms with Gasteiger partial charge in [0.1, 0.15) is 0 Å². The summed E-state index contributed by atoms with van der Waals surface area (Å²) in [5.74, 6) is 0. The second-order valence-electron chi connectivity index (χ2n) is 27.5. The fraction of sp³-hybridized carbons (Fsp3) is 0.216. The van der Waals surface area contributed by atoms with Gasteiger partial charge in [-0.2, -0.15) is 0 Å². The van der Waals surface area contributed by atoms with Gasteiger partial charge in [0, 0.05) is 0 Å². The summed E-state index contributed by atoms with van der Waals surface area (Å²) in [6.07, 6.45) is 0. The van der Waals surface area contributed by atoms with E-state index in [2.05, 4.69) is 297 Å². The van der Waals surface area contributed by atoms with Crippen LogP contribution >= 0.6 is 0 Å². The molecule has 6 heterocycles. The first-order valence-electron chi connectivity index (χ1n) is 29.2. The maximum absolute atomic E-state index is 2.73. The molecule has 396 valence electrons. The van der Waals surface area contributed by atoms with Gasteiger partial charge in [0.05, 0.1) is 0 Å². The van der Waals surface area contributed by atoms with Crippen LogP contribution < -0.4 is 50.1 Å². The van der Waals surface area contributed by atoms with Crippen LogP contribution in [0, 0.1) is 0 Å². The van der Waals surface area contributed by atoms with Crippen molar-refractivity contribution in [2.75, 3.05) is 19.6 Å². The standard InChI is InChI=1S/C74H68B2N4Se/c1-71(2,3)49-39-50(72(4,5)6)42-53(41-49)77-57-31-21-19-29-55(57)75-65-61(77)35-47(45-25-15-13-16-26-45)37-63(65)79-59-33-23-24-34-60(59)80-64-38-48(46-27-17-14-18-28-46)36-62-66(64)76(70-68(80)67(79)69(75)81-70)56-30-20-22-32-58(56)78(62)54-43-51(73(7,8)9)40-52(44-54)74(10,11)12/h13-44H,1-12H3. The number of nitrogens with zero attached hydrogens (tertiary/aromatic N) is 4. The summed E-state index contributed by atoms with van der Waals surface area (Å²) in [5.41, 5.74) is 30.7. The van der Waals surface area contributed by atoms with Crippen molar-refractivity contribution in [3.05, 3.63) is 216 Å². The van der Waals surface area contributed by atoms with Gasteiger partial charge >= 0.3 is 490 Å². The third-order valence-corrected chi connectivity index (χ3v) is 20.8. The molecule has 1 aromatic heterocycles. The molecule has 0 saturated carbocycles. The Morgan fingerprint density at radius 1 is 0.284 bits per heavy atom. The molecule has 9 aromatic carbocycles. The molecule has 4 nitrogen and oxygen atoms in total. The molecule has 0 bridgehead atoms. The molecule has 10 aromatic rings. The first-order valence-corrected chi connectivity index (χ1v) is 30.9. The first kappa shape index (κ1) is 50.3. The zero-order chi connectivity index (χ0) is 55.8. The van der Waals surface area contributed by atoms with Crippen molar-refractivity contribution in [1.82, 2.24) is 0 Å². The van der Waals surface area contributed by atoms with Crippen molar-refractivity contribution in [1.29, 1.82) is 0 Å². The Morgan fingerprint density at radius 2 is 0.580 bits per heavy atom. The van der Waals surface area contributed by atoms with Gasteiger partial charge < -0.3 is 0 Å². The molecular formula is C74H68B2N4Se. The van der Waals surface area contributed by atoms with E-state index in [1.54, 1.807) is 8.67 Å². The van der Waals surface area contributed by atoms with Crippen molar-refractivity contribution < 1.29 is 0 Å². The van der Waals surface area contributed by atoms with E-state index in [1.165, 1.54) is 135 Å². The monoisotopic (exact) mass is 1110 g/mol. The fourth-order valence-corrected chi connectivity index (χ4v) is 17.0. The maximum atomic E-state index is 2.73. The Kier molecular flexibility index (Phi) is 10.8. The molecular weight excluding hydrogens is 1050 g/mol. The molecule has 0 spiro atoms. The van der Waals surface area contributed by atoms with E-state index in [0.717, 1.165) is 0 Å². The van der Waals surface area contributed by atoms with E-state index in [-0.39, 0.29) is 49.6 Å². The molecule has 81 heavy (non-hydrogen) atoms. The van der Waals surface area contributed by atoms with E-state index in [1.807, 2.05) is 0 Å². The second kappa shape index (κ2) is 17.4. The third kappa shape index (κ3) is 7.57. The molecule has 0 fully saturated rings. The molecule has 15 rings (SSSR count). The Labute approximate surface area is 486 Å². The summed E-state index contributed by atoms with van der Waals surface area (Å²) in [5, 5.41) is 0. The minimum absolute atomic E-state index is 0.0397. The summed E-state index contributed by atoms with van der Waals surface area (Å²) in [6.45, 7) is 28.4. The van der Waals surface area contributed by atoms with Crippen LogP contribution in [0.15, 0.2) is 194 Å². The molecule has 0 radical (unpaired) electrons. The Morgan fingerprint density at radius 3 is 0.914 bits per heavy atom. The van der Waals surface area contributed by atoms with Gasteiger partial charge in [-0.15, -0.1) is 0 Å². The van der Waals surface area contributed by atoms with Gasteiger partial charge in [0.15, 0.2) is 0 Å². The van der Waals surface area contributed by atoms with Gasteiger partial charge in [0.2, 0.25) is 0 Å². The predicted octanol–water partition coefficient (Wildman–Crippen LogP) is 15.7. The molecule has 7 heteroatoms. The minimum atomic E-state index is -0.0563. The Balaban J connectivity index is 1.05. The van der Waals surface area contributed by atoms with Crippen molar-refractivity contribution in [2.24, 2.45) is 0 Å². The van der Waals surface area contributed by atoms with Crippen LogP contribution in [-0.2, 0) is 21.7 Å². The molecule has 5 aliphatic rings. The number of hydrogen-bond acceptors (Lipinski definition) is 4. The number of benzene rings is 9. The number of rotatable bonds is 4. The molecule has 0 aliphatic carbocycles. The summed E-state index contributed by atoms with van der Waals surface area (Å²) in [4.78, 5) is 10.7. The molecule has 0 N–H and O–H groups in total. The number of hydrogen-bond donors (Lipinski definition) is 0. The second-order valence-corrected chi connectivity index (χ2v) is 29.7. The number of para-hydroxylation sites is 4. The number of anilines is 12. The van der Waals surface area contributed by atoms with Crippen LogP contribution in [0.4, 0.5) is 68.2 Å². The first-order chi connectivity index (χ1) is 38.7. The van der Waals surface area contributed by atoms with Crippen molar-refractivity contribution >= 4 is 127 Å². The van der Waals surface area contributed by atoms with Gasteiger partial charge in [0.25, 0.3) is 0 Å². The predicted molar refractivity (Wildman–Crippen MR) is 351 cm³/mol. The van der Waals surface area contributed by atoms with Crippen molar-refractivity contribution in [3.8, 4) is 22.3 Å². The van der Waals surface area contributed by atoms with Crippen molar-refractivity contribution in [2.45, 2.75) is 105 Å². The summed E-state index contributed by atoms with van der Waals surface area (Å²) >= 11 is -0.0552. The van der Waals surface area contributed by atoms with E-state index >= 15 is 0 Å². The van der Waals surface area contributed by atoms with Crippen LogP contribution in [0.25, 0.3) is 22.3 Å². The zero-order valence-corrected chi connectivity index (χ0v) is 50.5. The van der Waals surface area contributed by atoms with E-state index in [9.17, 15) is 0 Å². The van der Waals surface area contributed by atoms with E-state index < -0.39 is 0 Å². The van der Waals surface area contributed by atoms with E-state index in [4.69, 9.17) is 0 Å². The quantitative estimate of drug-likeness (QED) is 0.163. The van der Waals surface area contributed by atoms with Gasteiger partial charge in [-0.1, -0.05) is 0 Å². The van der Waals surface area contributed by atoms with Gasteiger partial charge in [-0.05, 0) is 0 Å². The van der Waals surface area contributed by atoms with Crippen LogP contribution in [0.5, 0.6) is 0 Å². The summed E-state index contributed by atoms with van der Waals surface area (Å²) in [6, 6.07) is 75.3. The van der Waals surface area contributed by atoms with Crippen molar-refractivity contribution in [3.63, 3.8) is 0 Å². The summed E-state index contributed by atoms with van der Waals surface area (Å²) in [7, 11) is 0. The third-order valence-electron chi connectivity index (χ3n) is 18.1. The molecule has 0 unspecified atom stereocenters. The van der Waals surface area contributed by atoms with Gasteiger partial charge in [-0.25, -0.2) is 0 Å². The summed E-state index contributed by atoms with van der Waals surface area (Å²) < 4.78 is 3.09. The Hall–Kier alpha value is -7.69. The molecule has 0 atom stereocenters.